The summed E-state index contributed by atoms with van der Waals surface area (Å²) in [5, 5.41) is 6.75. The second-order valence-corrected chi connectivity index (χ2v) is 11.4. The number of nitrogens with zero attached hydrogens (tertiary/aromatic N) is 1. The minimum Gasteiger partial charge on any atom is -0.347 e. The highest BCUT2D eigenvalue weighted by molar-refractivity contribution is 7.90. The van der Waals surface area contributed by atoms with Gasteiger partial charge in [0.05, 0.1) is 17.5 Å². The Morgan fingerprint density at radius 2 is 1.74 bits per heavy atom. The van der Waals surface area contributed by atoms with Gasteiger partial charge in [-0.05, 0) is 48.6 Å². The average Bonchev–Trinajstić information content (AvgIpc) is 3.68. The van der Waals surface area contributed by atoms with Gasteiger partial charge in [0.25, 0.3) is 5.91 Å². The molecule has 1 fully saturated rings. The zero-order valence-electron chi connectivity index (χ0n) is 20.9. The minimum atomic E-state index is -5.01. The summed E-state index contributed by atoms with van der Waals surface area (Å²) in [5.41, 5.74) is -0.209. The molecule has 1 aromatic carbocycles. The van der Waals surface area contributed by atoms with Gasteiger partial charge in [-0.1, -0.05) is 25.1 Å². The number of halogens is 4. The Morgan fingerprint density at radius 3 is 2.28 bits per heavy atom. The quantitative estimate of drug-likeness (QED) is 0.247. The number of alkyl halides is 3. The third-order valence-electron chi connectivity index (χ3n) is 5.92. The highest BCUT2D eigenvalue weighted by Gasteiger charge is 2.44. The minimum absolute atomic E-state index is 0.0710. The largest absolute Gasteiger partial charge is 0.407 e. The van der Waals surface area contributed by atoms with E-state index in [4.69, 9.17) is 0 Å². The molecule has 0 radical (unpaired) electrons. The summed E-state index contributed by atoms with van der Waals surface area (Å²) in [6.45, 7) is 1.48. The van der Waals surface area contributed by atoms with Crippen molar-refractivity contribution in [1.29, 1.82) is 0 Å². The van der Waals surface area contributed by atoms with Gasteiger partial charge in [-0.2, -0.15) is 13.2 Å². The van der Waals surface area contributed by atoms with E-state index < -0.39 is 74.6 Å². The topological polar surface area (TPSA) is 134 Å². The molecule has 2 amide bonds. The van der Waals surface area contributed by atoms with Gasteiger partial charge in [0, 0.05) is 18.4 Å². The lowest BCUT2D eigenvalue weighted by atomic mass is 10.0. The molecular formula is C25H28F4N4O5S. The van der Waals surface area contributed by atoms with E-state index in [-0.39, 0.29) is 18.0 Å². The van der Waals surface area contributed by atoms with E-state index in [1.165, 1.54) is 31.5 Å². The lowest BCUT2D eigenvalue weighted by molar-refractivity contribution is -0.160. The number of Topliss-reactive ketones (excluding diaryl/α,β-unsaturated/α-hetero) is 1. The molecule has 1 aromatic heterocycles. The zero-order chi connectivity index (χ0) is 28.8. The molecule has 0 spiro atoms. The zero-order valence-corrected chi connectivity index (χ0v) is 21.7. The van der Waals surface area contributed by atoms with Crippen LogP contribution in [0.25, 0.3) is 0 Å². The van der Waals surface area contributed by atoms with Crippen LogP contribution in [0, 0.1) is 5.82 Å². The normalized spacial score (nSPS) is 16.1. The molecule has 0 saturated heterocycles. The highest BCUT2D eigenvalue weighted by atomic mass is 32.2. The number of carbonyl (C=O) groups excluding carboxylic acids is 3. The van der Waals surface area contributed by atoms with Crippen molar-refractivity contribution in [3.8, 4) is 0 Å². The molecule has 1 unspecified atom stereocenters. The fraction of sp³-hybridized carbons (Fsp3) is 0.440. The lowest BCUT2D eigenvalue weighted by Crippen LogP contribution is -2.56. The van der Waals surface area contributed by atoms with E-state index in [1.54, 1.807) is 0 Å². The Labute approximate surface area is 222 Å². The first-order chi connectivity index (χ1) is 18.3. The Hall–Kier alpha value is -3.39. The molecule has 1 aliphatic carbocycles. The van der Waals surface area contributed by atoms with Crippen LogP contribution < -0.4 is 16.0 Å². The summed E-state index contributed by atoms with van der Waals surface area (Å²) >= 11 is 0. The predicted molar refractivity (Wildman–Crippen MR) is 132 cm³/mol. The Morgan fingerprint density at radius 1 is 1.08 bits per heavy atom. The fourth-order valence-corrected chi connectivity index (χ4v) is 5.31. The first-order valence-electron chi connectivity index (χ1n) is 12.1. The van der Waals surface area contributed by atoms with Crippen LogP contribution in [0.5, 0.6) is 0 Å². The smallest absolute Gasteiger partial charge is 0.347 e. The van der Waals surface area contributed by atoms with Crippen LogP contribution >= 0.6 is 0 Å². The Balaban J connectivity index is 1.87. The summed E-state index contributed by atoms with van der Waals surface area (Å²) < 4.78 is 81.4. The molecule has 14 heteroatoms. The number of hydrogen-bond acceptors (Lipinski definition) is 7. The van der Waals surface area contributed by atoms with Crippen molar-refractivity contribution in [2.45, 2.75) is 62.3 Å². The second-order valence-electron chi connectivity index (χ2n) is 9.24. The van der Waals surface area contributed by atoms with Gasteiger partial charge < -0.3 is 10.6 Å². The van der Waals surface area contributed by atoms with E-state index in [1.807, 2.05) is 5.32 Å². The van der Waals surface area contributed by atoms with Gasteiger partial charge in [0.2, 0.25) is 11.7 Å². The maximum Gasteiger partial charge on any atom is 0.407 e. The Kier molecular flexibility index (Phi) is 9.78. The van der Waals surface area contributed by atoms with Crippen LogP contribution in [0.1, 0.15) is 43.4 Å². The van der Waals surface area contributed by atoms with Crippen molar-refractivity contribution < 1.29 is 40.4 Å². The van der Waals surface area contributed by atoms with Gasteiger partial charge in [0.1, 0.15) is 17.9 Å². The summed E-state index contributed by atoms with van der Waals surface area (Å²) in [6, 6.07) is 0.179. The van der Waals surface area contributed by atoms with E-state index in [0.29, 0.717) is 12.8 Å². The average molecular weight is 573 g/mol. The maximum atomic E-state index is 14.0. The van der Waals surface area contributed by atoms with Crippen molar-refractivity contribution in [2.24, 2.45) is 0 Å². The fourth-order valence-electron chi connectivity index (χ4n) is 3.75. The van der Waals surface area contributed by atoms with E-state index in [9.17, 15) is 40.4 Å². The summed E-state index contributed by atoms with van der Waals surface area (Å²) in [7, 11) is -4.20. The molecule has 1 heterocycles. The maximum absolute atomic E-state index is 14.0. The summed E-state index contributed by atoms with van der Waals surface area (Å²) in [4.78, 5) is 41.8. The van der Waals surface area contributed by atoms with Crippen LogP contribution in [0.3, 0.4) is 0 Å². The molecule has 3 N–H and O–H groups in total. The van der Waals surface area contributed by atoms with Crippen molar-refractivity contribution in [2.75, 3.05) is 5.75 Å². The number of benzene rings is 1. The summed E-state index contributed by atoms with van der Waals surface area (Å²) in [6.07, 6.45) is -1.00. The first-order valence-corrected chi connectivity index (χ1v) is 13.9. The van der Waals surface area contributed by atoms with E-state index in [0.717, 1.165) is 24.3 Å². The molecule has 0 bridgehead atoms. The molecule has 39 heavy (non-hydrogen) atoms. The predicted octanol–water partition coefficient (Wildman–Crippen LogP) is 2.14. The van der Waals surface area contributed by atoms with E-state index >= 15 is 0 Å². The number of hydrogen-bond donors (Lipinski definition) is 3. The number of rotatable bonds is 13. The van der Waals surface area contributed by atoms with Crippen LogP contribution in [-0.2, 0) is 30.0 Å². The molecule has 1 aliphatic rings. The van der Waals surface area contributed by atoms with Gasteiger partial charge in [-0.3, -0.25) is 24.7 Å². The molecule has 1 saturated carbocycles. The van der Waals surface area contributed by atoms with Crippen LogP contribution in [0.2, 0.25) is 0 Å². The van der Waals surface area contributed by atoms with Crippen LogP contribution in [-0.4, -0.2) is 61.1 Å². The third kappa shape index (κ3) is 9.10. The SMILES string of the molecule is CCC(NC(=O)[C@H](CS(=O)(=O)Cc1cccnc1)N[C@@H](c1ccc(F)cc1)C(F)(F)F)C(=O)C(=O)NC1CC1. The number of aromatic nitrogens is 1. The van der Waals surface area contributed by atoms with Crippen molar-refractivity contribution in [3.05, 3.63) is 65.7 Å². The monoisotopic (exact) mass is 572 g/mol. The molecule has 9 nitrogen and oxygen atoms in total. The van der Waals surface area contributed by atoms with Crippen molar-refractivity contribution >= 4 is 27.4 Å². The number of amides is 2. The first kappa shape index (κ1) is 30.2. The van der Waals surface area contributed by atoms with E-state index in [2.05, 4.69) is 15.6 Å². The molecular weight excluding hydrogens is 544 g/mol. The van der Waals surface area contributed by atoms with Gasteiger partial charge in [-0.15, -0.1) is 0 Å². The third-order valence-corrected chi connectivity index (χ3v) is 7.54. The van der Waals surface area contributed by atoms with Crippen LogP contribution in [0.15, 0.2) is 48.8 Å². The van der Waals surface area contributed by atoms with Crippen molar-refractivity contribution in [3.63, 3.8) is 0 Å². The summed E-state index contributed by atoms with van der Waals surface area (Å²) in [5.74, 6) is -5.64. The number of carbonyl (C=O) groups is 3. The Bertz CT molecular complexity index is 1270. The number of pyridine rings is 1. The molecule has 3 atom stereocenters. The second kappa shape index (κ2) is 12.6. The van der Waals surface area contributed by atoms with Crippen molar-refractivity contribution in [1.82, 2.24) is 20.9 Å². The standard InChI is InChI=1S/C25H28F4N4O5S/c1-2-19(21(34)24(36)31-18-9-10-18)33-23(35)20(14-39(37,38)13-15-4-3-11-30-12-15)32-22(25(27,28)29)16-5-7-17(26)8-6-16/h3-8,11-12,18-20,22,32H,2,9-10,13-14H2,1H3,(H,31,36)(H,33,35)/t19?,20-,22-/m0/s1. The van der Waals surface area contributed by atoms with Gasteiger partial charge >= 0.3 is 6.18 Å². The molecule has 212 valence electrons. The molecule has 3 rings (SSSR count). The number of nitrogens with one attached hydrogen (secondary N) is 3. The number of sulfone groups is 1. The van der Waals surface area contributed by atoms with Gasteiger partial charge in [0.15, 0.2) is 9.84 Å². The molecule has 0 aliphatic heterocycles. The highest BCUT2D eigenvalue weighted by Crippen LogP contribution is 2.33. The number of ketones is 1. The van der Waals surface area contributed by atoms with Gasteiger partial charge in [-0.25, -0.2) is 12.8 Å². The lowest BCUT2D eigenvalue weighted by Gasteiger charge is -2.28. The molecule has 2 aromatic rings. The van der Waals surface area contributed by atoms with Crippen LogP contribution in [0.4, 0.5) is 17.6 Å².